The van der Waals surface area contributed by atoms with Crippen LogP contribution in [-0.4, -0.2) is 5.78 Å². The molecule has 2 rings (SSSR count). The van der Waals surface area contributed by atoms with Gasteiger partial charge in [-0.3, -0.25) is 4.79 Å². The van der Waals surface area contributed by atoms with Gasteiger partial charge < -0.3 is 4.42 Å². The smallest absolute Gasteiger partial charge is 0.187 e. The van der Waals surface area contributed by atoms with Gasteiger partial charge in [0.15, 0.2) is 5.78 Å². The van der Waals surface area contributed by atoms with E-state index in [4.69, 9.17) is 4.42 Å². The zero-order valence-corrected chi connectivity index (χ0v) is 9.38. The van der Waals surface area contributed by atoms with Gasteiger partial charge in [-0.15, -0.1) is 0 Å². The Morgan fingerprint density at radius 1 is 1.35 bits per heavy atom. The van der Waals surface area contributed by atoms with Gasteiger partial charge in [0.2, 0.25) is 0 Å². The number of hydrogen-bond donors (Lipinski definition) is 0. The molecule has 3 nitrogen and oxygen atoms in total. The van der Waals surface area contributed by atoms with Gasteiger partial charge in [0, 0.05) is 0 Å². The Bertz CT molecular complexity index is 564. The summed E-state index contributed by atoms with van der Waals surface area (Å²) in [7, 11) is 0. The molecule has 1 heterocycles. The lowest BCUT2D eigenvalue weighted by Gasteiger charge is -2.09. The number of ketones is 1. The molecule has 0 aliphatic carbocycles. The fourth-order valence-corrected chi connectivity index (χ4v) is 1.75. The van der Waals surface area contributed by atoms with Crippen molar-refractivity contribution in [3.63, 3.8) is 0 Å². The average molecular weight is 225 g/mol. The summed E-state index contributed by atoms with van der Waals surface area (Å²) in [6.07, 6.45) is 2.80. The third kappa shape index (κ3) is 2.11. The average Bonchev–Trinajstić information content (AvgIpc) is 2.86. The maximum absolute atomic E-state index is 12.1. The molecule has 1 atom stereocenters. The van der Waals surface area contributed by atoms with Crippen molar-refractivity contribution in [1.82, 2.24) is 0 Å². The second-order valence-electron chi connectivity index (χ2n) is 3.79. The van der Waals surface area contributed by atoms with E-state index < -0.39 is 5.92 Å². The summed E-state index contributed by atoms with van der Waals surface area (Å²) in [5.41, 5.74) is 2.12. The summed E-state index contributed by atoms with van der Waals surface area (Å²) in [6, 6.07) is 11.0. The van der Waals surface area contributed by atoms with E-state index in [1.54, 1.807) is 12.1 Å². The number of Topliss-reactive ketones (excluding diaryl/α,β-unsaturated/α-hetero) is 1. The molecular formula is C14H11NO2. The predicted molar refractivity (Wildman–Crippen MR) is 62.6 cm³/mol. The Balaban J connectivity index is 2.39. The largest absolute Gasteiger partial charge is 0.472 e. The zero-order valence-electron chi connectivity index (χ0n) is 9.38. The van der Waals surface area contributed by atoms with Crippen LogP contribution in [0.3, 0.4) is 0 Å². The summed E-state index contributed by atoms with van der Waals surface area (Å²) >= 11 is 0. The van der Waals surface area contributed by atoms with E-state index in [0.717, 1.165) is 11.1 Å². The van der Waals surface area contributed by atoms with Gasteiger partial charge in [0.25, 0.3) is 0 Å². The topological polar surface area (TPSA) is 54.0 Å². The van der Waals surface area contributed by atoms with E-state index in [1.165, 1.54) is 12.5 Å². The molecule has 0 saturated heterocycles. The SMILES string of the molecule is Cc1ccccc1C(C#N)C(=O)c1ccoc1. The normalized spacial score (nSPS) is 11.8. The summed E-state index contributed by atoms with van der Waals surface area (Å²) in [6.45, 7) is 1.89. The number of nitriles is 1. The van der Waals surface area contributed by atoms with Crippen molar-refractivity contribution in [2.45, 2.75) is 12.8 Å². The van der Waals surface area contributed by atoms with E-state index in [2.05, 4.69) is 6.07 Å². The Kier molecular flexibility index (Phi) is 3.06. The lowest BCUT2D eigenvalue weighted by atomic mass is 9.90. The van der Waals surface area contributed by atoms with Gasteiger partial charge in [0.05, 0.1) is 17.9 Å². The lowest BCUT2D eigenvalue weighted by Crippen LogP contribution is -2.11. The van der Waals surface area contributed by atoms with Crippen molar-refractivity contribution >= 4 is 5.78 Å². The van der Waals surface area contributed by atoms with Crippen LogP contribution in [0.15, 0.2) is 47.3 Å². The van der Waals surface area contributed by atoms with Crippen LogP contribution in [0.25, 0.3) is 0 Å². The van der Waals surface area contributed by atoms with Crippen LogP contribution in [0.2, 0.25) is 0 Å². The molecule has 1 aromatic heterocycles. The van der Waals surface area contributed by atoms with Crippen molar-refractivity contribution in [2.24, 2.45) is 0 Å². The molecule has 0 bridgehead atoms. The maximum atomic E-state index is 12.1. The molecule has 0 amide bonds. The van der Waals surface area contributed by atoms with Gasteiger partial charge in [-0.1, -0.05) is 24.3 Å². The molecule has 0 N–H and O–H groups in total. The third-order valence-electron chi connectivity index (χ3n) is 2.70. The number of hydrogen-bond acceptors (Lipinski definition) is 3. The van der Waals surface area contributed by atoms with Crippen molar-refractivity contribution in [1.29, 1.82) is 5.26 Å². The van der Waals surface area contributed by atoms with E-state index in [9.17, 15) is 10.1 Å². The van der Waals surface area contributed by atoms with Gasteiger partial charge in [0.1, 0.15) is 12.2 Å². The summed E-state index contributed by atoms with van der Waals surface area (Å²) < 4.78 is 4.87. The second-order valence-corrected chi connectivity index (χ2v) is 3.79. The zero-order chi connectivity index (χ0) is 12.3. The number of carbonyl (C=O) groups excluding carboxylic acids is 1. The molecule has 0 fully saturated rings. The molecular weight excluding hydrogens is 214 g/mol. The van der Waals surface area contributed by atoms with Crippen LogP contribution in [0, 0.1) is 18.3 Å². The third-order valence-corrected chi connectivity index (χ3v) is 2.70. The Hall–Kier alpha value is -2.34. The molecule has 84 valence electrons. The van der Waals surface area contributed by atoms with E-state index in [1.807, 2.05) is 25.1 Å². The first-order valence-electron chi connectivity index (χ1n) is 5.25. The minimum absolute atomic E-state index is 0.226. The molecule has 3 heteroatoms. The Morgan fingerprint density at radius 2 is 2.12 bits per heavy atom. The predicted octanol–water partition coefficient (Wildman–Crippen LogP) is 3.08. The summed E-state index contributed by atoms with van der Waals surface area (Å²) in [5, 5.41) is 9.17. The molecule has 0 radical (unpaired) electrons. The highest BCUT2D eigenvalue weighted by Gasteiger charge is 2.23. The fraction of sp³-hybridized carbons (Fsp3) is 0.143. The molecule has 1 aromatic carbocycles. The number of furan rings is 1. The molecule has 1 unspecified atom stereocenters. The Labute approximate surface area is 99.3 Å². The van der Waals surface area contributed by atoms with Crippen molar-refractivity contribution < 1.29 is 9.21 Å². The highest BCUT2D eigenvalue weighted by atomic mass is 16.3. The first kappa shape index (κ1) is 11.2. The highest BCUT2D eigenvalue weighted by Crippen LogP contribution is 2.23. The number of aryl methyl sites for hydroxylation is 1. The van der Waals surface area contributed by atoms with Gasteiger partial charge in [-0.05, 0) is 24.1 Å². The van der Waals surface area contributed by atoms with Gasteiger partial charge >= 0.3 is 0 Å². The summed E-state index contributed by atoms with van der Waals surface area (Å²) in [4.78, 5) is 12.1. The molecule has 0 saturated carbocycles. The fourth-order valence-electron chi connectivity index (χ4n) is 1.75. The number of rotatable bonds is 3. The minimum Gasteiger partial charge on any atom is -0.472 e. The first-order chi connectivity index (χ1) is 8.24. The standard InChI is InChI=1S/C14H11NO2/c1-10-4-2-3-5-12(10)13(8-15)14(16)11-6-7-17-9-11/h2-7,9,13H,1H3. The second kappa shape index (κ2) is 4.67. The van der Waals surface area contributed by atoms with E-state index in [0.29, 0.717) is 5.56 Å². The highest BCUT2D eigenvalue weighted by molar-refractivity contribution is 6.02. The van der Waals surface area contributed by atoms with Gasteiger partial charge in [-0.25, -0.2) is 0 Å². The van der Waals surface area contributed by atoms with Crippen molar-refractivity contribution in [2.75, 3.05) is 0 Å². The Morgan fingerprint density at radius 3 is 2.71 bits per heavy atom. The molecule has 2 aromatic rings. The van der Waals surface area contributed by atoms with E-state index in [-0.39, 0.29) is 5.78 Å². The van der Waals surface area contributed by atoms with Crippen LogP contribution in [0.1, 0.15) is 27.4 Å². The van der Waals surface area contributed by atoms with Gasteiger partial charge in [-0.2, -0.15) is 5.26 Å². The first-order valence-corrected chi connectivity index (χ1v) is 5.25. The molecule has 17 heavy (non-hydrogen) atoms. The van der Waals surface area contributed by atoms with E-state index >= 15 is 0 Å². The summed E-state index contributed by atoms with van der Waals surface area (Å²) in [5.74, 6) is -0.996. The van der Waals surface area contributed by atoms with Crippen molar-refractivity contribution in [3.8, 4) is 6.07 Å². The number of benzene rings is 1. The van der Waals surface area contributed by atoms with Crippen LogP contribution >= 0.6 is 0 Å². The van der Waals surface area contributed by atoms with Crippen molar-refractivity contribution in [3.05, 3.63) is 59.5 Å². The quantitative estimate of drug-likeness (QED) is 0.754. The van der Waals surface area contributed by atoms with Crippen LogP contribution in [0.4, 0.5) is 0 Å². The number of carbonyl (C=O) groups is 1. The number of nitrogens with zero attached hydrogens (tertiary/aromatic N) is 1. The monoisotopic (exact) mass is 225 g/mol. The molecule has 0 aliphatic heterocycles. The van der Waals surface area contributed by atoms with Crippen LogP contribution in [-0.2, 0) is 0 Å². The minimum atomic E-state index is -0.770. The molecule has 0 spiro atoms. The lowest BCUT2D eigenvalue weighted by molar-refractivity contribution is 0.0978. The maximum Gasteiger partial charge on any atom is 0.187 e. The molecule has 0 aliphatic rings. The van der Waals surface area contributed by atoms with Crippen LogP contribution in [0.5, 0.6) is 0 Å². The van der Waals surface area contributed by atoms with Crippen LogP contribution < -0.4 is 0 Å².